The maximum Gasteiger partial charge on any atom is 0.227 e. The van der Waals surface area contributed by atoms with Gasteiger partial charge in [-0.1, -0.05) is 60.7 Å². The van der Waals surface area contributed by atoms with E-state index in [1.54, 1.807) is 21.3 Å². The minimum Gasteiger partial charge on any atom is -0.493 e. The Labute approximate surface area is 234 Å². The summed E-state index contributed by atoms with van der Waals surface area (Å²) in [5.41, 5.74) is 3.99. The predicted octanol–water partition coefficient (Wildman–Crippen LogP) is 5.24. The zero-order valence-electron chi connectivity index (χ0n) is 23.1. The number of ether oxygens (including phenoxy) is 3. The van der Waals surface area contributed by atoms with E-state index in [1.807, 2.05) is 65.6 Å². The van der Waals surface area contributed by atoms with Gasteiger partial charge in [0.1, 0.15) is 0 Å². The normalized spacial score (nSPS) is 14.7. The molecule has 7 nitrogen and oxygen atoms in total. The molecule has 5 rings (SSSR count). The van der Waals surface area contributed by atoms with Gasteiger partial charge in [0.15, 0.2) is 11.5 Å². The molecule has 206 valence electrons. The first-order valence-corrected chi connectivity index (χ1v) is 13.4. The van der Waals surface area contributed by atoms with Crippen LogP contribution < -0.4 is 19.5 Å². The number of hydrogen-bond acceptors (Lipinski definition) is 5. The molecule has 1 atom stereocenters. The van der Waals surface area contributed by atoms with Crippen LogP contribution in [0.3, 0.4) is 0 Å². The number of amides is 2. The third-order valence-corrected chi connectivity index (χ3v) is 7.48. The van der Waals surface area contributed by atoms with Crippen molar-refractivity contribution in [2.75, 3.05) is 34.4 Å². The summed E-state index contributed by atoms with van der Waals surface area (Å²) in [6.07, 6.45) is 0.997. The summed E-state index contributed by atoms with van der Waals surface area (Å²) < 4.78 is 16.5. The van der Waals surface area contributed by atoms with E-state index < -0.39 is 0 Å². The highest BCUT2D eigenvalue weighted by molar-refractivity contribution is 5.90. The van der Waals surface area contributed by atoms with E-state index in [-0.39, 0.29) is 17.7 Å². The number of nitrogens with one attached hydrogen (secondary N) is 1. The first-order valence-electron chi connectivity index (χ1n) is 13.4. The third-order valence-electron chi connectivity index (χ3n) is 7.48. The number of rotatable bonds is 9. The molecule has 40 heavy (non-hydrogen) atoms. The van der Waals surface area contributed by atoms with Crippen LogP contribution in [0.5, 0.6) is 17.2 Å². The molecule has 1 saturated heterocycles. The fourth-order valence-electron chi connectivity index (χ4n) is 5.25. The Morgan fingerprint density at radius 2 is 1.50 bits per heavy atom. The minimum absolute atomic E-state index is 0.00719. The molecule has 1 aliphatic rings. The second kappa shape index (κ2) is 12.1. The van der Waals surface area contributed by atoms with Gasteiger partial charge in [-0.3, -0.25) is 9.59 Å². The molecule has 0 bridgehead atoms. The molecule has 1 N–H and O–H groups in total. The molecule has 0 spiro atoms. The lowest BCUT2D eigenvalue weighted by molar-refractivity contribution is -0.130. The van der Waals surface area contributed by atoms with Crippen LogP contribution in [0.2, 0.25) is 0 Å². The van der Waals surface area contributed by atoms with Gasteiger partial charge in [-0.25, -0.2) is 0 Å². The Hall–Kier alpha value is -4.52. The average Bonchev–Trinajstić information content (AvgIpc) is 3.50. The van der Waals surface area contributed by atoms with Crippen LogP contribution in [0.4, 0.5) is 0 Å². The van der Waals surface area contributed by atoms with Crippen molar-refractivity contribution < 1.29 is 23.8 Å². The molecule has 1 aliphatic heterocycles. The summed E-state index contributed by atoms with van der Waals surface area (Å²) in [6.45, 7) is 1.57. The maximum absolute atomic E-state index is 13.1. The van der Waals surface area contributed by atoms with Crippen LogP contribution in [0.25, 0.3) is 21.9 Å². The summed E-state index contributed by atoms with van der Waals surface area (Å²) in [7, 11) is 4.80. The number of carbonyl (C=O) groups excluding carboxylic acids is 2. The van der Waals surface area contributed by atoms with Crippen LogP contribution >= 0.6 is 0 Å². The lowest BCUT2D eigenvalue weighted by Crippen LogP contribution is -2.35. The maximum atomic E-state index is 13.1. The summed E-state index contributed by atoms with van der Waals surface area (Å²) in [5, 5.41) is 5.13. The van der Waals surface area contributed by atoms with E-state index in [9.17, 15) is 9.59 Å². The molecular formula is C33H34N2O5. The number of benzene rings is 4. The van der Waals surface area contributed by atoms with Crippen molar-refractivity contribution in [2.45, 2.75) is 19.4 Å². The molecule has 4 aromatic rings. The molecular weight excluding hydrogens is 504 g/mol. The van der Waals surface area contributed by atoms with Gasteiger partial charge in [-0.05, 0) is 57.6 Å². The smallest absolute Gasteiger partial charge is 0.227 e. The standard InChI is InChI=1S/C33H34N2O5/c1-38-29-18-28(19-30(39-2)32(29)40-3)26-12-11-24-15-23(9-10-25(24)17-26)16-31(36)35-14-13-27(21-35)33(37)34-20-22-7-5-4-6-8-22/h4-12,15,17-19,27H,13-14,16,20-21H2,1-3H3,(H,34,37). The summed E-state index contributed by atoms with van der Waals surface area (Å²) in [5.74, 6) is 1.64. The molecule has 0 saturated carbocycles. The Balaban J connectivity index is 1.23. The fraction of sp³-hybridized carbons (Fsp3) is 0.273. The van der Waals surface area contributed by atoms with Crippen molar-refractivity contribution in [1.29, 1.82) is 0 Å². The van der Waals surface area contributed by atoms with Crippen molar-refractivity contribution in [1.82, 2.24) is 10.2 Å². The lowest BCUT2D eigenvalue weighted by atomic mass is 9.98. The Morgan fingerprint density at radius 3 is 2.20 bits per heavy atom. The van der Waals surface area contributed by atoms with Gasteiger partial charge in [0.05, 0.1) is 33.7 Å². The summed E-state index contributed by atoms with van der Waals surface area (Å²) in [6, 6.07) is 26.0. The van der Waals surface area contributed by atoms with Crippen molar-refractivity contribution >= 4 is 22.6 Å². The van der Waals surface area contributed by atoms with E-state index in [4.69, 9.17) is 14.2 Å². The van der Waals surface area contributed by atoms with Gasteiger partial charge >= 0.3 is 0 Å². The highest BCUT2D eigenvalue weighted by Crippen LogP contribution is 2.41. The van der Waals surface area contributed by atoms with Crippen LogP contribution in [0, 0.1) is 5.92 Å². The largest absolute Gasteiger partial charge is 0.493 e. The van der Waals surface area contributed by atoms with E-state index in [0.29, 0.717) is 49.7 Å². The number of carbonyl (C=O) groups is 2. The van der Waals surface area contributed by atoms with E-state index in [0.717, 1.165) is 33.0 Å². The zero-order valence-corrected chi connectivity index (χ0v) is 23.1. The molecule has 1 fully saturated rings. The summed E-state index contributed by atoms with van der Waals surface area (Å²) >= 11 is 0. The third kappa shape index (κ3) is 5.88. The van der Waals surface area contributed by atoms with Crippen LogP contribution in [-0.4, -0.2) is 51.1 Å². The topological polar surface area (TPSA) is 77.1 Å². The predicted molar refractivity (Wildman–Crippen MR) is 156 cm³/mol. The lowest BCUT2D eigenvalue weighted by Gasteiger charge is -2.17. The quantitative estimate of drug-likeness (QED) is 0.315. The van der Waals surface area contributed by atoms with Gasteiger partial charge in [0, 0.05) is 19.6 Å². The molecule has 4 aromatic carbocycles. The summed E-state index contributed by atoms with van der Waals surface area (Å²) in [4.78, 5) is 27.5. The number of likely N-dealkylation sites (tertiary alicyclic amines) is 1. The molecule has 0 radical (unpaired) electrons. The molecule has 2 amide bonds. The molecule has 1 unspecified atom stereocenters. The first-order chi connectivity index (χ1) is 19.5. The average molecular weight is 539 g/mol. The number of methoxy groups -OCH3 is 3. The van der Waals surface area contributed by atoms with Crippen LogP contribution in [-0.2, 0) is 22.6 Å². The van der Waals surface area contributed by atoms with Gasteiger partial charge < -0.3 is 24.4 Å². The highest BCUT2D eigenvalue weighted by atomic mass is 16.5. The van der Waals surface area contributed by atoms with E-state index in [2.05, 4.69) is 23.5 Å². The van der Waals surface area contributed by atoms with Crippen molar-refractivity contribution in [3.8, 4) is 28.4 Å². The molecule has 0 aliphatic carbocycles. The molecule has 0 aromatic heterocycles. The molecule has 1 heterocycles. The van der Waals surface area contributed by atoms with Gasteiger partial charge in [0.25, 0.3) is 0 Å². The van der Waals surface area contributed by atoms with E-state index in [1.165, 1.54) is 0 Å². The Kier molecular flexibility index (Phi) is 8.20. The van der Waals surface area contributed by atoms with E-state index >= 15 is 0 Å². The Bertz CT molecular complexity index is 1490. The number of fused-ring (bicyclic) bond motifs is 1. The van der Waals surface area contributed by atoms with Crippen molar-refractivity contribution in [3.05, 3.63) is 90.0 Å². The zero-order chi connectivity index (χ0) is 28.1. The van der Waals surface area contributed by atoms with Gasteiger partial charge in [0.2, 0.25) is 17.6 Å². The first kappa shape index (κ1) is 27.1. The number of hydrogen-bond donors (Lipinski definition) is 1. The number of nitrogens with zero attached hydrogens (tertiary/aromatic N) is 1. The molecule has 7 heteroatoms. The van der Waals surface area contributed by atoms with Crippen molar-refractivity contribution in [3.63, 3.8) is 0 Å². The van der Waals surface area contributed by atoms with Crippen LogP contribution in [0.1, 0.15) is 17.5 Å². The monoisotopic (exact) mass is 538 g/mol. The highest BCUT2D eigenvalue weighted by Gasteiger charge is 2.30. The fourth-order valence-corrected chi connectivity index (χ4v) is 5.25. The van der Waals surface area contributed by atoms with Crippen molar-refractivity contribution in [2.24, 2.45) is 5.92 Å². The minimum atomic E-state index is -0.169. The SMILES string of the molecule is COc1cc(-c2ccc3cc(CC(=O)N4CCC(C(=O)NCc5ccccc5)C4)ccc3c2)cc(OC)c1OC. The Morgan fingerprint density at radius 1 is 0.800 bits per heavy atom. The van der Waals surface area contributed by atoms with Crippen LogP contribution in [0.15, 0.2) is 78.9 Å². The second-order valence-electron chi connectivity index (χ2n) is 10.0. The van der Waals surface area contributed by atoms with Gasteiger partial charge in [-0.15, -0.1) is 0 Å². The second-order valence-corrected chi connectivity index (χ2v) is 10.0. The van der Waals surface area contributed by atoms with Gasteiger partial charge in [-0.2, -0.15) is 0 Å².